The van der Waals surface area contributed by atoms with Crippen molar-refractivity contribution in [1.82, 2.24) is 30.5 Å². The van der Waals surface area contributed by atoms with Gasteiger partial charge in [-0.05, 0) is 37.1 Å². The van der Waals surface area contributed by atoms with Crippen molar-refractivity contribution in [2.75, 3.05) is 0 Å². The molecule has 3 heterocycles. The topological polar surface area (TPSA) is 140 Å². The van der Waals surface area contributed by atoms with E-state index in [0.29, 0.717) is 28.5 Å². The van der Waals surface area contributed by atoms with E-state index >= 15 is 0 Å². The molecular weight excluding hydrogens is 508 g/mol. The molecule has 3 amide bonds. The number of halogens is 1. The zero-order valence-electron chi connectivity index (χ0n) is 21.6. The Morgan fingerprint density at radius 1 is 1.03 bits per heavy atom. The predicted octanol–water partition coefficient (Wildman–Crippen LogP) is 4.37. The average molecular weight is 539 g/mol. The van der Waals surface area contributed by atoms with Crippen LogP contribution in [0.15, 0.2) is 24.3 Å². The Hall–Kier alpha value is -3.66. The molecule has 0 radical (unpaired) electrons. The molecule has 0 spiro atoms. The molecule has 2 aliphatic rings. The lowest BCUT2D eigenvalue weighted by molar-refractivity contribution is 0.0854. The summed E-state index contributed by atoms with van der Waals surface area (Å²) in [5.41, 5.74) is 2.84. The summed E-state index contributed by atoms with van der Waals surface area (Å²) < 4.78 is 0. The number of hydrogen-bond acceptors (Lipinski definition) is 5. The van der Waals surface area contributed by atoms with Gasteiger partial charge in [-0.15, -0.1) is 0 Å². The molecule has 2 aromatic heterocycles. The minimum Gasteiger partial charge on any atom is -0.465 e. The van der Waals surface area contributed by atoms with Gasteiger partial charge in [-0.1, -0.05) is 45.2 Å². The maximum Gasteiger partial charge on any atom is 0.407 e. The SMILES string of the molecule is CC(C)(C)c1nc(C(=O)N[C@@H]2CCCC[C@@H]2NC(=O)c2cc3cc(Cl)ccc3[nH]2)nc2c1CN(C(=O)O)C2. The minimum absolute atomic E-state index is 0.0176. The molecule has 1 aliphatic carbocycles. The van der Waals surface area contributed by atoms with Crippen LogP contribution in [-0.2, 0) is 18.5 Å². The second-order valence-electron chi connectivity index (χ2n) is 11.1. The third-order valence-electron chi connectivity index (χ3n) is 7.19. The third-order valence-corrected chi connectivity index (χ3v) is 7.43. The quantitative estimate of drug-likeness (QED) is 0.389. The van der Waals surface area contributed by atoms with E-state index in [9.17, 15) is 19.5 Å². The van der Waals surface area contributed by atoms with Gasteiger partial charge in [0, 0.05) is 39.0 Å². The normalized spacial score (nSPS) is 19.3. The minimum atomic E-state index is -1.03. The highest BCUT2D eigenvalue weighted by molar-refractivity contribution is 6.31. The number of nitrogens with one attached hydrogen (secondary N) is 3. The molecule has 10 nitrogen and oxygen atoms in total. The molecular formula is C27H31ClN6O4. The van der Waals surface area contributed by atoms with E-state index in [0.717, 1.165) is 35.7 Å². The van der Waals surface area contributed by atoms with Gasteiger partial charge in [-0.3, -0.25) is 14.5 Å². The molecule has 3 aromatic rings. The Morgan fingerprint density at radius 3 is 2.37 bits per heavy atom. The first-order chi connectivity index (χ1) is 18.0. The van der Waals surface area contributed by atoms with E-state index in [1.165, 1.54) is 4.90 Å². The van der Waals surface area contributed by atoms with Crippen LogP contribution in [0.5, 0.6) is 0 Å². The lowest BCUT2D eigenvalue weighted by atomic mass is 9.88. The summed E-state index contributed by atoms with van der Waals surface area (Å²) in [5, 5.41) is 17.0. The Balaban J connectivity index is 1.34. The predicted molar refractivity (Wildman–Crippen MR) is 142 cm³/mol. The fraction of sp³-hybridized carbons (Fsp3) is 0.444. The second-order valence-corrected chi connectivity index (χ2v) is 11.5. The van der Waals surface area contributed by atoms with Gasteiger partial charge >= 0.3 is 6.09 Å². The number of carboxylic acid groups (broad SMARTS) is 1. The molecule has 11 heteroatoms. The molecule has 1 fully saturated rings. The van der Waals surface area contributed by atoms with Crippen LogP contribution in [-0.4, -0.2) is 54.9 Å². The molecule has 0 bridgehead atoms. The fourth-order valence-electron chi connectivity index (χ4n) is 5.29. The number of aromatic nitrogens is 3. The van der Waals surface area contributed by atoms with Gasteiger partial charge in [0.25, 0.3) is 11.8 Å². The molecule has 1 aliphatic heterocycles. The van der Waals surface area contributed by atoms with Gasteiger partial charge in [0.15, 0.2) is 0 Å². The van der Waals surface area contributed by atoms with Crippen LogP contribution in [0.25, 0.3) is 10.9 Å². The number of hydrogen-bond donors (Lipinski definition) is 4. The number of carbonyl (C=O) groups excluding carboxylic acids is 2. The van der Waals surface area contributed by atoms with E-state index in [1.807, 2.05) is 26.8 Å². The lowest BCUT2D eigenvalue weighted by Gasteiger charge is -2.32. The number of aromatic amines is 1. The molecule has 1 saturated carbocycles. The van der Waals surface area contributed by atoms with Crippen LogP contribution in [0.2, 0.25) is 5.02 Å². The molecule has 0 saturated heterocycles. The highest BCUT2D eigenvalue weighted by Gasteiger charge is 2.34. The van der Waals surface area contributed by atoms with E-state index in [2.05, 4.69) is 25.6 Å². The van der Waals surface area contributed by atoms with Crippen molar-refractivity contribution in [3.63, 3.8) is 0 Å². The fourth-order valence-corrected chi connectivity index (χ4v) is 5.47. The first-order valence-electron chi connectivity index (χ1n) is 12.8. The zero-order chi connectivity index (χ0) is 27.2. The highest BCUT2D eigenvalue weighted by Crippen LogP contribution is 2.31. The summed E-state index contributed by atoms with van der Waals surface area (Å²) >= 11 is 6.07. The molecule has 2 atom stereocenters. The van der Waals surface area contributed by atoms with Crippen molar-refractivity contribution in [2.45, 2.75) is 77.0 Å². The number of nitrogens with zero attached hydrogens (tertiary/aromatic N) is 3. The Morgan fingerprint density at radius 2 is 1.71 bits per heavy atom. The Labute approximate surface area is 225 Å². The molecule has 1 aromatic carbocycles. The van der Waals surface area contributed by atoms with Crippen molar-refractivity contribution in [1.29, 1.82) is 0 Å². The summed E-state index contributed by atoms with van der Waals surface area (Å²) in [4.78, 5) is 51.4. The summed E-state index contributed by atoms with van der Waals surface area (Å²) in [7, 11) is 0. The first-order valence-corrected chi connectivity index (χ1v) is 13.2. The largest absolute Gasteiger partial charge is 0.465 e. The number of H-pyrrole nitrogens is 1. The Kier molecular flexibility index (Phi) is 6.77. The van der Waals surface area contributed by atoms with Crippen LogP contribution < -0.4 is 10.6 Å². The van der Waals surface area contributed by atoms with Gasteiger partial charge in [0.2, 0.25) is 5.82 Å². The Bertz CT molecular complexity index is 1430. The summed E-state index contributed by atoms with van der Waals surface area (Å²) in [6.45, 7) is 6.26. The standard InChI is InChI=1S/C27H31ClN6O4/c1-27(2,3)22-16-12-34(26(37)38)13-21(16)30-23(33-22)25(36)32-19-7-5-4-6-18(19)31-24(35)20-11-14-10-15(28)8-9-17(14)29-20/h8-11,18-19,29H,4-7,12-13H2,1-3H3,(H,31,35)(H,32,36)(H,37,38)/t18-,19+/m0/s1. The molecule has 200 valence electrons. The van der Waals surface area contributed by atoms with Crippen LogP contribution in [0.3, 0.4) is 0 Å². The number of benzene rings is 1. The maximum absolute atomic E-state index is 13.4. The zero-order valence-corrected chi connectivity index (χ0v) is 22.4. The third kappa shape index (κ3) is 5.18. The van der Waals surface area contributed by atoms with Crippen molar-refractivity contribution < 1.29 is 19.5 Å². The number of carbonyl (C=O) groups is 3. The van der Waals surface area contributed by atoms with Crippen molar-refractivity contribution in [2.24, 2.45) is 0 Å². The molecule has 4 N–H and O–H groups in total. The lowest BCUT2D eigenvalue weighted by Crippen LogP contribution is -2.53. The van der Waals surface area contributed by atoms with E-state index in [1.54, 1.807) is 18.2 Å². The van der Waals surface area contributed by atoms with Crippen LogP contribution >= 0.6 is 11.6 Å². The maximum atomic E-state index is 13.4. The summed E-state index contributed by atoms with van der Waals surface area (Å²) in [6, 6.07) is 6.61. The van der Waals surface area contributed by atoms with E-state index in [-0.39, 0.29) is 36.9 Å². The average Bonchev–Trinajstić information content (AvgIpc) is 3.48. The monoisotopic (exact) mass is 538 g/mol. The number of rotatable bonds is 4. The van der Waals surface area contributed by atoms with Crippen molar-refractivity contribution in [3.8, 4) is 0 Å². The van der Waals surface area contributed by atoms with E-state index < -0.39 is 17.4 Å². The van der Waals surface area contributed by atoms with E-state index in [4.69, 9.17) is 11.6 Å². The summed E-state index contributed by atoms with van der Waals surface area (Å²) in [6.07, 6.45) is 2.27. The first kappa shape index (κ1) is 26.0. The van der Waals surface area contributed by atoms with Gasteiger partial charge in [0.1, 0.15) is 5.69 Å². The van der Waals surface area contributed by atoms with Crippen LogP contribution in [0.1, 0.15) is 84.5 Å². The number of amides is 3. The smallest absolute Gasteiger partial charge is 0.407 e. The van der Waals surface area contributed by atoms with Crippen molar-refractivity contribution in [3.05, 3.63) is 57.8 Å². The van der Waals surface area contributed by atoms with Gasteiger partial charge in [-0.2, -0.15) is 0 Å². The number of fused-ring (bicyclic) bond motifs is 2. The molecule has 38 heavy (non-hydrogen) atoms. The highest BCUT2D eigenvalue weighted by atomic mass is 35.5. The van der Waals surface area contributed by atoms with Crippen LogP contribution in [0, 0.1) is 0 Å². The van der Waals surface area contributed by atoms with Gasteiger partial charge in [0.05, 0.1) is 24.5 Å². The molecule has 5 rings (SSSR count). The molecule has 0 unspecified atom stereocenters. The van der Waals surface area contributed by atoms with Crippen molar-refractivity contribution >= 4 is 40.4 Å². The summed E-state index contributed by atoms with van der Waals surface area (Å²) in [5.74, 6) is -0.663. The van der Waals surface area contributed by atoms with Gasteiger partial charge in [-0.25, -0.2) is 14.8 Å². The van der Waals surface area contributed by atoms with Gasteiger partial charge < -0.3 is 20.7 Å². The second kappa shape index (κ2) is 9.90. The van der Waals surface area contributed by atoms with Crippen LogP contribution in [0.4, 0.5) is 4.79 Å².